The van der Waals surface area contributed by atoms with E-state index in [2.05, 4.69) is 40.6 Å². The molecule has 1 aromatic rings. The van der Waals surface area contributed by atoms with Crippen LogP contribution in [-0.4, -0.2) is 43.0 Å². The molecule has 1 unspecified atom stereocenters. The molecular weight excluding hydrogens is 324 g/mol. The van der Waals surface area contributed by atoms with Crippen LogP contribution in [0.2, 0.25) is 0 Å². The summed E-state index contributed by atoms with van der Waals surface area (Å²) < 4.78 is 0. The van der Waals surface area contributed by atoms with Gasteiger partial charge in [-0.05, 0) is 69.7 Å². The van der Waals surface area contributed by atoms with Gasteiger partial charge in [0, 0.05) is 25.3 Å². The van der Waals surface area contributed by atoms with Gasteiger partial charge < -0.3 is 10.2 Å². The number of anilines is 1. The van der Waals surface area contributed by atoms with Gasteiger partial charge in [-0.3, -0.25) is 9.69 Å². The van der Waals surface area contributed by atoms with Crippen molar-refractivity contribution in [2.45, 2.75) is 51.1 Å². The van der Waals surface area contributed by atoms with Gasteiger partial charge in [-0.1, -0.05) is 12.1 Å². The fraction of sp³-hybridized carbons (Fsp3) is 0.619. The Hall–Kier alpha value is -2.06. The first-order valence-corrected chi connectivity index (χ1v) is 9.75. The molecule has 0 radical (unpaired) electrons. The maximum atomic E-state index is 12.3. The summed E-state index contributed by atoms with van der Waals surface area (Å²) in [7, 11) is 1.94. The van der Waals surface area contributed by atoms with Crippen LogP contribution in [0.15, 0.2) is 24.3 Å². The smallest absolute Gasteiger partial charge is 0.235 e. The van der Waals surface area contributed by atoms with Gasteiger partial charge in [-0.2, -0.15) is 5.26 Å². The summed E-state index contributed by atoms with van der Waals surface area (Å²) in [6, 6.07) is 11.0. The molecule has 26 heavy (non-hydrogen) atoms. The number of nitrogens with zero attached hydrogens (tertiary/aromatic N) is 3. The third kappa shape index (κ3) is 4.76. The van der Waals surface area contributed by atoms with Crippen LogP contribution in [-0.2, 0) is 11.3 Å². The van der Waals surface area contributed by atoms with Crippen molar-refractivity contribution in [3.63, 3.8) is 0 Å². The minimum atomic E-state index is -0.714. The topological polar surface area (TPSA) is 59.4 Å². The third-order valence-electron chi connectivity index (χ3n) is 5.55. The van der Waals surface area contributed by atoms with Crippen molar-refractivity contribution in [1.82, 2.24) is 10.2 Å². The monoisotopic (exact) mass is 354 g/mol. The van der Waals surface area contributed by atoms with Crippen molar-refractivity contribution in [3.8, 4) is 6.07 Å². The van der Waals surface area contributed by atoms with E-state index in [1.807, 2.05) is 18.9 Å². The van der Waals surface area contributed by atoms with Gasteiger partial charge >= 0.3 is 0 Å². The molecular formula is C21H30N4O. The van der Waals surface area contributed by atoms with E-state index < -0.39 is 5.54 Å². The molecule has 1 saturated heterocycles. The van der Waals surface area contributed by atoms with Crippen LogP contribution in [0.25, 0.3) is 0 Å². The maximum absolute atomic E-state index is 12.3. The Morgan fingerprint density at radius 1 is 1.27 bits per heavy atom. The Bertz CT molecular complexity index is 656. The van der Waals surface area contributed by atoms with Gasteiger partial charge in [0.25, 0.3) is 0 Å². The van der Waals surface area contributed by atoms with Crippen LogP contribution >= 0.6 is 0 Å². The molecule has 2 fully saturated rings. The summed E-state index contributed by atoms with van der Waals surface area (Å²) in [5, 5.41) is 12.3. The van der Waals surface area contributed by atoms with Crippen molar-refractivity contribution in [1.29, 1.82) is 5.26 Å². The number of rotatable bonds is 7. The van der Waals surface area contributed by atoms with E-state index in [9.17, 15) is 10.1 Å². The van der Waals surface area contributed by atoms with E-state index in [4.69, 9.17) is 0 Å². The van der Waals surface area contributed by atoms with E-state index in [1.54, 1.807) is 0 Å². The SMILES string of the molecule is CN(CC(=O)NC(C)(C#N)C1CC1)Cc1ccc(N2CCCCC2)cc1. The third-order valence-corrected chi connectivity index (χ3v) is 5.55. The summed E-state index contributed by atoms with van der Waals surface area (Å²) >= 11 is 0. The molecule has 1 saturated carbocycles. The average molecular weight is 354 g/mol. The molecule has 1 N–H and O–H groups in total. The Morgan fingerprint density at radius 3 is 2.50 bits per heavy atom. The molecule has 140 valence electrons. The maximum Gasteiger partial charge on any atom is 0.235 e. The molecule has 0 spiro atoms. The first-order valence-electron chi connectivity index (χ1n) is 9.75. The predicted octanol–water partition coefficient (Wildman–Crippen LogP) is 2.92. The lowest BCUT2D eigenvalue weighted by Gasteiger charge is -2.29. The molecule has 1 atom stereocenters. The van der Waals surface area contributed by atoms with E-state index in [0.29, 0.717) is 12.5 Å². The number of carbonyl (C=O) groups is 1. The lowest BCUT2D eigenvalue weighted by Crippen LogP contribution is -2.49. The lowest BCUT2D eigenvalue weighted by molar-refractivity contribution is -0.123. The number of hydrogen-bond acceptors (Lipinski definition) is 4. The first-order chi connectivity index (χ1) is 12.5. The fourth-order valence-corrected chi connectivity index (χ4v) is 3.79. The number of piperidine rings is 1. The second-order valence-electron chi connectivity index (χ2n) is 8.02. The summed E-state index contributed by atoms with van der Waals surface area (Å²) in [5.41, 5.74) is 1.78. The van der Waals surface area contributed by atoms with Crippen LogP contribution in [0, 0.1) is 17.2 Å². The molecule has 0 bridgehead atoms. The van der Waals surface area contributed by atoms with Gasteiger partial charge in [0.15, 0.2) is 0 Å². The highest BCUT2D eigenvalue weighted by atomic mass is 16.2. The van der Waals surface area contributed by atoms with E-state index in [1.165, 1.54) is 30.5 Å². The summed E-state index contributed by atoms with van der Waals surface area (Å²) in [4.78, 5) is 16.7. The normalized spacial score (nSPS) is 19.7. The van der Waals surface area contributed by atoms with Gasteiger partial charge in [-0.15, -0.1) is 0 Å². The van der Waals surface area contributed by atoms with Crippen molar-refractivity contribution >= 4 is 11.6 Å². The number of benzene rings is 1. The van der Waals surface area contributed by atoms with Crippen molar-refractivity contribution in [2.24, 2.45) is 5.92 Å². The largest absolute Gasteiger partial charge is 0.372 e. The molecule has 1 amide bonds. The molecule has 1 aliphatic heterocycles. The van der Waals surface area contributed by atoms with E-state index in [0.717, 1.165) is 32.5 Å². The molecule has 5 heteroatoms. The number of hydrogen-bond donors (Lipinski definition) is 1. The average Bonchev–Trinajstić information content (AvgIpc) is 3.48. The number of nitrogens with one attached hydrogen (secondary N) is 1. The van der Waals surface area contributed by atoms with Gasteiger partial charge in [0.05, 0.1) is 12.6 Å². The van der Waals surface area contributed by atoms with E-state index in [-0.39, 0.29) is 5.91 Å². The molecule has 2 aliphatic rings. The van der Waals surface area contributed by atoms with Crippen LogP contribution in [0.4, 0.5) is 5.69 Å². The Kier molecular flexibility index (Phi) is 5.83. The highest BCUT2D eigenvalue weighted by Crippen LogP contribution is 2.39. The quantitative estimate of drug-likeness (QED) is 0.818. The summed E-state index contributed by atoms with van der Waals surface area (Å²) in [6.07, 6.45) is 5.96. The Labute approximate surface area is 157 Å². The molecule has 3 rings (SSSR count). The molecule has 0 aromatic heterocycles. The minimum Gasteiger partial charge on any atom is -0.372 e. The molecule has 1 aliphatic carbocycles. The van der Waals surface area contributed by atoms with Gasteiger partial charge in [0.1, 0.15) is 5.54 Å². The zero-order valence-corrected chi connectivity index (χ0v) is 16.0. The standard InChI is InChI=1S/C21H30N4O/c1-21(16-22,18-8-9-18)23-20(26)15-24(2)14-17-6-10-19(11-7-17)25-12-4-3-5-13-25/h6-7,10-11,18H,3-5,8-9,12-15H2,1-2H3,(H,23,26). The second kappa shape index (κ2) is 8.09. The predicted molar refractivity (Wildman–Crippen MR) is 104 cm³/mol. The molecule has 1 heterocycles. The second-order valence-corrected chi connectivity index (χ2v) is 8.02. The van der Waals surface area contributed by atoms with Gasteiger partial charge in [0.2, 0.25) is 5.91 Å². The highest BCUT2D eigenvalue weighted by molar-refractivity contribution is 5.79. The van der Waals surface area contributed by atoms with Crippen molar-refractivity contribution in [2.75, 3.05) is 31.6 Å². The van der Waals surface area contributed by atoms with Crippen molar-refractivity contribution < 1.29 is 4.79 Å². The Morgan fingerprint density at radius 2 is 1.92 bits per heavy atom. The number of amides is 1. The summed E-state index contributed by atoms with van der Waals surface area (Å²) in [5.74, 6) is 0.234. The van der Waals surface area contributed by atoms with Crippen LogP contribution < -0.4 is 10.2 Å². The number of nitriles is 1. The fourth-order valence-electron chi connectivity index (χ4n) is 3.79. The summed E-state index contributed by atoms with van der Waals surface area (Å²) in [6.45, 7) is 5.16. The van der Waals surface area contributed by atoms with Crippen molar-refractivity contribution in [3.05, 3.63) is 29.8 Å². The lowest BCUT2D eigenvalue weighted by atomic mass is 9.98. The number of carbonyl (C=O) groups excluding carboxylic acids is 1. The highest BCUT2D eigenvalue weighted by Gasteiger charge is 2.43. The number of likely N-dealkylation sites (N-methyl/N-ethyl adjacent to an activating group) is 1. The van der Waals surface area contributed by atoms with Crippen LogP contribution in [0.5, 0.6) is 0 Å². The van der Waals surface area contributed by atoms with E-state index >= 15 is 0 Å². The minimum absolute atomic E-state index is 0.0756. The van der Waals surface area contributed by atoms with Gasteiger partial charge in [-0.25, -0.2) is 0 Å². The first kappa shape index (κ1) is 18.7. The molecule has 5 nitrogen and oxygen atoms in total. The van der Waals surface area contributed by atoms with Crippen LogP contribution in [0.3, 0.4) is 0 Å². The zero-order chi connectivity index (χ0) is 18.6. The van der Waals surface area contributed by atoms with Crippen LogP contribution in [0.1, 0.15) is 44.6 Å². The molecule has 1 aromatic carbocycles. The Balaban J connectivity index is 1.49. The zero-order valence-electron chi connectivity index (χ0n) is 16.0.